The molecule has 0 radical (unpaired) electrons. The Morgan fingerprint density at radius 1 is 1.29 bits per heavy atom. The number of sulfonamides is 1. The van der Waals surface area contributed by atoms with E-state index in [0.717, 1.165) is 5.56 Å². The molecule has 130 valence electrons. The van der Waals surface area contributed by atoms with Crippen LogP contribution in [0, 0.1) is 6.92 Å². The van der Waals surface area contributed by atoms with E-state index in [1.165, 1.54) is 6.08 Å². The first-order chi connectivity index (χ1) is 11.3. The largest absolute Gasteiger partial charge is 0.478 e. The second-order valence-corrected chi connectivity index (χ2v) is 7.77. The van der Waals surface area contributed by atoms with E-state index in [-0.39, 0.29) is 12.0 Å². The highest BCUT2D eigenvalue weighted by molar-refractivity contribution is 7.93. The van der Waals surface area contributed by atoms with Crippen LogP contribution in [0.15, 0.2) is 35.9 Å². The molecule has 1 aromatic carbocycles. The van der Waals surface area contributed by atoms with Crippen LogP contribution in [0.5, 0.6) is 0 Å². The van der Waals surface area contributed by atoms with Crippen molar-refractivity contribution >= 4 is 21.7 Å². The van der Waals surface area contributed by atoms with Crippen LogP contribution < -0.4 is 4.72 Å². The lowest BCUT2D eigenvalue weighted by Crippen LogP contribution is -2.41. The summed E-state index contributed by atoms with van der Waals surface area (Å²) >= 11 is 0. The maximum Gasteiger partial charge on any atom is 0.332 e. The van der Waals surface area contributed by atoms with Crippen LogP contribution in [0.4, 0.5) is 5.69 Å². The van der Waals surface area contributed by atoms with Gasteiger partial charge in [-0.1, -0.05) is 18.2 Å². The molecule has 0 amide bonds. The molecule has 1 spiro atoms. The number of aliphatic carboxylic acids is 1. The Balaban J connectivity index is 1.92. The van der Waals surface area contributed by atoms with Gasteiger partial charge in [-0.2, -0.15) is 0 Å². The van der Waals surface area contributed by atoms with Crippen LogP contribution in [0.3, 0.4) is 0 Å². The predicted molar refractivity (Wildman–Crippen MR) is 87.1 cm³/mol. The second kappa shape index (κ2) is 6.19. The van der Waals surface area contributed by atoms with E-state index in [0.29, 0.717) is 25.3 Å². The minimum absolute atomic E-state index is 0.110. The molecule has 2 N–H and O–H groups in total. The highest BCUT2D eigenvalue weighted by Crippen LogP contribution is 2.37. The smallest absolute Gasteiger partial charge is 0.332 e. The number of carbonyl (C=O) groups is 1. The average molecular weight is 353 g/mol. The van der Waals surface area contributed by atoms with Gasteiger partial charge in [-0.05, 0) is 31.1 Å². The van der Waals surface area contributed by atoms with Crippen LogP contribution in [-0.4, -0.2) is 43.7 Å². The van der Waals surface area contributed by atoms with Gasteiger partial charge in [-0.15, -0.1) is 0 Å². The lowest BCUT2D eigenvalue weighted by molar-refractivity contribution is -0.138. The van der Waals surface area contributed by atoms with E-state index in [2.05, 4.69) is 4.72 Å². The quantitative estimate of drug-likeness (QED) is 0.853. The first kappa shape index (κ1) is 16.9. The maximum atomic E-state index is 12.7. The van der Waals surface area contributed by atoms with Gasteiger partial charge in [0.1, 0.15) is 5.25 Å². The molecule has 1 fully saturated rings. The van der Waals surface area contributed by atoms with Crippen molar-refractivity contribution < 1.29 is 27.8 Å². The Morgan fingerprint density at radius 2 is 1.96 bits per heavy atom. The summed E-state index contributed by atoms with van der Waals surface area (Å²) in [5.41, 5.74) is 0.983. The standard InChI is InChI=1S/C16H19NO6S/c1-11-4-2-3-5-13(11)17-24(20,21)14-6-7-16(22-8-9-23-16)10-12(14)15(18)19/h2-5,10,14,17H,6-9H2,1H3,(H,18,19). The Morgan fingerprint density at radius 3 is 2.58 bits per heavy atom. The third kappa shape index (κ3) is 3.17. The van der Waals surface area contributed by atoms with Gasteiger partial charge in [0.05, 0.1) is 24.5 Å². The number of para-hydroxylation sites is 1. The molecule has 7 nitrogen and oxygen atoms in total. The third-order valence-corrected chi connectivity index (χ3v) is 6.02. The van der Waals surface area contributed by atoms with Gasteiger partial charge in [0.2, 0.25) is 10.0 Å². The summed E-state index contributed by atoms with van der Waals surface area (Å²) < 4.78 is 38.9. The van der Waals surface area contributed by atoms with Crippen molar-refractivity contribution in [2.24, 2.45) is 0 Å². The molecular weight excluding hydrogens is 334 g/mol. The van der Waals surface area contributed by atoms with Gasteiger partial charge in [0.15, 0.2) is 5.79 Å². The molecule has 0 saturated carbocycles. The fourth-order valence-electron chi connectivity index (χ4n) is 3.02. The van der Waals surface area contributed by atoms with Gasteiger partial charge in [-0.25, -0.2) is 13.2 Å². The van der Waals surface area contributed by atoms with Crippen molar-refractivity contribution in [3.05, 3.63) is 41.5 Å². The molecule has 1 heterocycles. The molecule has 24 heavy (non-hydrogen) atoms. The summed E-state index contributed by atoms with van der Waals surface area (Å²) in [5.74, 6) is -2.39. The first-order valence-corrected chi connectivity index (χ1v) is 9.19. The van der Waals surface area contributed by atoms with E-state index in [4.69, 9.17) is 9.47 Å². The molecule has 0 aromatic heterocycles. The summed E-state index contributed by atoms with van der Waals surface area (Å²) in [6.45, 7) is 2.51. The molecule has 1 aromatic rings. The summed E-state index contributed by atoms with van der Waals surface area (Å²) in [5, 5.41) is 8.31. The SMILES string of the molecule is Cc1ccccc1NS(=O)(=O)C1CCC2(C=C1C(=O)O)OCCO2. The van der Waals surface area contributed by atoms with Crippen LogP contribution in [0.2, 0.25) is 0 Å². The fraction of sp³-hybridized carbons (Fsp3) is 0.438. The van der Waals surface area contributed by atoms with Crippen molar-refractivity contribution in [3.8, 4) is 0 Å². The molecular formula is C16H19NO6S. The highest BCUT2D eigenvalue weighted by atomic mass is 32.2. The first-order valence-electron chi connectivity index (χ1n) is 7.64. The fourth-order valence-corrected chi connectivity index (χ4v) is 4.63. The van der Waals surface area contributed by atoms with E-state index < -0.39 is 27.0 Å². The third-order valence-electron chi connectivity index (χ3n) is 4.27. The van der Waals surface area contributed by atoms with E-state index in [1.807, 2.05) is 0 Å². The molecule has 1 aliphatic heterocycles. The Hall–Kier alpha value is -1.90. The van der Waals surface area contributed by atoms with Crippen LogP contribution in [0.25, 0.3) is 0 Å². The van der Waals surface area contributed by atoms with Crippen molar-refractivity contribution in [2.45, 2.75) is 30.8 Å². The molecule has 2 aliphatic rings. The number of ether oxygens (including phenoxy) is 2. The van der Waals surface area contributed by atoms with E-state index in [9.17, 15) is 18.3 Å². The zero-order valence-corrected chi connectivity index (χ0v) is 14.0. The minimum atomic E-state index is -3.91. The van der Waals surface area contributed by atoms with E-state index >= 15 is 0 Å². The van der Waals surface area contributed by atoms with Crippen LogP contribution in [0.1, 0.15) is 18.4 Å². The predicted octanol–water partition coefficient (Wildman–Crippen LogP) is 1.65. The summed E-state index contributed by atoms with van der Waals surface area (Å²) in [7, 11) is -3.91. The van der Waals surface area contributed by atoms with Crippen molar-refractivity contribution in [1.82, 2.24) is 0 Å². The number of anilines is 1. The normalized spacial score (nSPS) is 23.0. The van der Waals surface area contributed by atoms with Crippen molar-refractivity contribution in [2.75, 3.05) is 17.9 Å². The lowest BCUT2D eigenvalue weighted by Gasteiger charge is -2.32. The summed E-state index contributed by atoms with van der Waals surface area (Å²) in [4.78, 5) is 11.6. The number of nitrogens with one attached hydrogen (secondary N) is 1. The maximum absolute atomic E-state index is 12.7. The number of aryl methyl sites for hydroxylation is 1. The van der Waals surface area contributed by atoms with Crippen molar-refractivity contribution in [1.29, 1.82) is 0 Å². The molecule has 1 aliphatic carbocycles. The molecule has 1 atom stereocenters. The second-order valence-electron chi connectivity index (χ2n) is 5.90. The molecule has 8 heteroatoms. The summed E-state index contributed by atoms with van der Waals surface area (Å²) in [6.07, 6.45) is 1.70. The Bertz CT molecular complexity index is 780. The number of carboxylic acids is 1. The number of hydrogen-bond acceptors (Lipinski definition) is 5. The number of carboxylic acid groups (broad SMARTS) is 1. The van der Waals surface area contributed by atoms with Gasteiger partial charge in [0.25, 0.3) is 0 Å². The molecule has 1 unspecified atom stereocenters. The van der Waals surface area contributed by atoms with Crippen LogP contribution >= 0.6 is 0 Å². The number of benzene rings is 1. The monoisotopic (exact) mass is 353 g/mol. The average Bonchev–Trinajstić information content (AvgIpc) is 2.97. The van der Waals surface area contributed by atoms with Gasteiger partial charge >= 0.3 is 5.97 Å². The topological polar surface area (TPSA) is 102 Å². The van der Waals surface area contributed by atoms with Gasteiger partial charge in [0, 0.05) is 6.42 Å². The number of hydrogen-bond donors (Lipinski definition) is 2. The molecule has 3 rings (SSSR count). The zero-order chi connectivity index (χ0) is 17.4. The van der Waals surface area contributed by atoms with Crippen LogP contribution in [-0.2, 0) is 24.3 Å². The molecule has 1 saturated heterocycles. The van der Waals surface area contributed by atoms with Gasteiger partial charge in [-0.3, -0.25) is 4.72 Å². The minimum Gasteiger partial charge on any atom is -0.478 e. The summed E-state index contributed by atoms with van der Waals surface area (Å²) in [6, 6.07) is 6.94. The number of rotatable bonds is 4. The Labute approximate surface area is 140 Å². The Kier molecular flexibility index (Phi) is 4.37. The lowest BCUT2D eigenvalue weighted by atomic mass is 9.94. The van der Waals surface area contributed by atoms with E-state index in [1.54, 1.807) is 31.2 Å². The van der Waals surface area contributed by atoms with Crippen molar-refractivity contribution in [3.63, 3.8) is 0 Å². The zero-order valence-electron chi connectivity index (χ0n) is 13.2. The van der Waals surface area contributed by atoms with Gasteiger partial charge < -0.3 is 14.6 Å². The highest BCUT2D eigenvalue weighted by Gasteiger charge is 2.45. The molecule has 0 bridgehead atoms.